The predicted octanol–water partition coefficient (Wildman–Crippen LogP) is 4.58. The van der Waals surface area contributed by atoms with Crippen LogP contribution < -0.4 is 20.1 Å². The highest BCUT2D eigenvalue weighted by atomic mass is 127. The van der Waals surface area contributed by atoms with Crippen molar-refractivity contribution in [3.05, 3.63) is 53.6 Å². The fourth-order valence-electron chi connectivity index (χ4n) is 2.83. The summed E-state index contributed by atoms with van der Waals surface area (Å²) in [4.78, 5) is 4.31. The summed E-state index contributed by atoms with van der Waals surface area (Å²) in [5, 5.41) is 6.65. The summed E-state index contributed by atoms with van der Waals surface area (Å²) in [7, 11) is 1.76. The highest BCUT2D eigenvalue weighted by Crippen LogP contribution is 2.32. The van der Waals surface area contributed by atoms with Gasteiger partial charge in [0.25, 0.3) is 0 Å². The lowest BCUT2D eigenvalue weighted by atomic mass is 10.1. The zero-order valence-electron chi connectivity index (χ0n) is 17.2. The van der Waals surface area contributed by atoms with Crippen molar-refractivity contribution >= 4 is 35.6 Å². The van der Waals surface area contributed by atoms with Crippen molar-refractivity contribution in [2.45, 2.75) is 39.5 Å². The normalized spacial score (nSPS) is 13.4. The lowest BCUT2D eigenvalue weighted by Crippen LogP contribution is -2.30. The molecule has 7 heteroatoms. The zero-order chi connectivity index (χ0) is 19.8. The molecule has 0 atom stereocenters. The van der Waals surface area contributed by atoms with Crippen molar-refractivity contribution in [1.82, 2.24) is 5.32 Å². The second-order valence-corrected chi connectivity index (χ2v) is 6.94. The van der Waals surface area contributed by atoms with Crippen LogP contribution in [0.25, 0.3) is 0 Å². The number of anilines is 1. The summed E-state index contributed by atoms with van der Waals surface area (Å²) >= 11 is 0. The number of nitrogens with one attached hydrogen (secondary N) is 2. The SMILES string of the molecule is CN=C(NCc1cccc(COC(C)C)c1)Nc1ccc2c(c1)OCCCO2.I. The fourth-order valence-corrected chi connectivity index (χ4v) is 2.83. The number of hydrogen-bond acceptors (Lipinski definition) is 4. The standard InChI is InChI=1S/C22H29N3O3.HI/c1-16(2)28-15-18-7-4-6-17(12-18)14-24-22(23-3)25-19-8-9-20-21(13-19)27-11-5-10-26-20;/h4,6-9,12-13,16H,5,10-11,14-15H2,1-3H3,(H2,23,24,25);1H. The summed E-state index contributed by atoms with van der Waals surface area (Å²) in [5.74, 6) is 2.24. The molecule has 0 saturated heterocycles. The molecule has 0 spiro atoms. The molecule has 0 unspecified atom stereocenters. The number of ether oxygens (including phenoxy) is 3. The number of rotatable bonds is 6. The molecule has 0 aliphatic carbocycles. The van der Waals surface area contributed by atoms with Crippen LogP contribution in [-0.4, -0.2) is 32.3 Å². The monoisotopic (exact) mass is 511 g/mol. The summed E-state index contributed by atoms with van der Waals surface area (Å²) < 4.78 is 17.1. The van der Waals surface area contributed by atoms with Gasteiger partial charge in [-0.15, -0.1) is 24.0 Å². The summed E-state index contributed by atoms with van der Waals surface area (Å²) in [6.07, 6.45) is 1.11. The number of hydrogen-bond donors (Lipinski definition) is 2. The van der Waals surface area contributed by atoms with E-state index in [4.69, 9.17) is 14.2 Å². The van der Waals surface area contributed by atoms with Crippen LogP contribution >= 0.6 is 24.0 Å². The molecule has 0 saturated carbocycles. The number of halogens is 1. The number of nitrogens with zero attached hydrogens (tertiary/aromatic N) is 1. The van der Waals surface area contributed by atoms with Gasteiger partial charge in [0.15, 0.2) is 17.5 Å². The second-order valence-electron chi connectivity index (χ2n) is 6.94. The Labute approximate surface area is 190 Å². The van der Waals surface area contributed by atoms with E-state index in [9.17, 15) is 0 Å². The molecule has 1 aliphatic heterocycles. The minimum Gasteiger partial charge on any atom is -0.490 e. The minimum atomic E-state index is 0. The van der Waals surface area contributed by atoms with Crippen LogP contribution in [0.15, 0.2) is 47.5 Å². The Hall–Kier alpha value is -2.00. The van der Waals surface area contributed by atoms with E-state index in [0.717, 1.165) is 23.6 Å². The Balaban J connectivity index is 0.00000300. The summed E-state index contributed by atoms with van der Waals surface area (Å²) in [6.45, 7) is 6.72. The Kier molecular flexibility index (Phi) is 9.53. The van der Waals surface area contributed by atoms with Crippen molar-refractivity contribution in [3.8, 4) is 11.5 Å². The van der Waals surface area contributed by atoms with Gasteiger partial charge in [-0.25, -0.2) is 0 Å². The van der Waals surface area contributed by atoms with Crippen LogP contribution in [0.3, 0.4) is 0 Å². The van der Waals surface area contributed by atoms with E-state index < -0.39 is 0 Å². The maximum absolute atomic E-state index is 5.75. The van der Waals surface area contributed by atoms with Crippen LogP contribution in [0, 0.1) is 0 Å². The van der Waals surface area contributed by atoms with Crippen molar-refractivity contribution in [3.63, 3.8) is 0 Å². The Morgan fingerprint density at radius 1 is 1.07 bits per heavy atom. The van der Waals surface area contributed by atoms with Crippen LogP contribution in [0.4, 0.5) is 5.69 Å². The molecule has 2 N–H and O–H groups in total. The lowest BCUT2D eigenvalue weighted by molar-refractivity contribution is 0.0657. The molecule has 0 fully saturated rings. The average Bonchev–Trinajstić information content (AvgIpc) is 2.95. The number of fused-ring (bicyclic) bond motifs is 1. The predicted molar refractivity (Wildman–Crippen MR) is 128 cm³/mol. The zero-order valence-corrected chi connectivity index (χ0v) is 19.6. The van der Waals surface area contributed by atoms with Crippen molar-refractivity contribution in [2.75, 3.05) is 25.6 Å². The lowest BCUT2D eigenvalue weighted by Gasteiger charge is -2.14. The molecule has 2 aromatic rings. The van der Waals surface area contributed by atoms with Gasteiger partial charge >= 0.3 is 0 Å². The molecule has 29 heavy (non-hydrogen) atoms. The van der Waals surface area contributed by atoms with E-state index in [1.54, 1.807) is 7.05 Å². The average molecular weight is 511 g/mol. The smallest absolute Gasteiger partial charge is 0.195 e. The molecule has 0 radical (unpaired) electrons. The van der Waals surface area contributed by atoms with Gasteiger partial charge in [0.2, 0.25) is 0 Å². The van der Waals surface area contributed by atoms with Crippen LogP contribution in [-0.2, 0) is 17.9 Å². The first-order chi connectivity index (χ1) is 13.6. The van der Waals surface area contributed by atoms with Crippen LogP contribution in [0.1, 0.15) is 31.4 Å². The van der Waals surface area contributed by atoms with Gasteiger partial charge in [-0.3, -0.25) is 4.99 Å². The molecule has 3 rings (SSSR count). The third-order valence-corrected chi connectivity index (χ3v) is 4.27. The first-order valence-corrected chi connectivity index (χ1v) is 9.71. The number of guanidine groups is 1. The largest absolute Gasteiger partial charge is 0.490 e. The number of aliphatic imine (C=N–C) groups is 1. The Morgan fingerprint density at radius 3 is 2.59 bits per heavy atom. The van der Waals surface area contributed by atoms with E-state index in [2.05, 4.69) is 39.9 Å². The molecule has 0 bridgehead atoms. The van der Waals surface area contributed by atoms with Crippen molar-refractivity contribution in [2.24, 2.45) is 4.99 Å². The van der Waals surface area contributed by atoms with Crippen molar-refractivity contribution < 1.29 is 14.2 Å². The van der Waals surface area contributed by atoms with E-state index in [1.165, 1.54) is 11.1 Å². The molecule has 0 amide bonds. The molecule has 1 heterocycles. The van der Waals surface area contributed by atoms with Gasteiger partial charge in [0.1, 0.15) is 0 Å². The number of benzene rings is 2. The van der Waals surface area contributed by atoms with Gasteiger partial charge in [0.05, 0.1) is 25.9 Å². The van der Waals surface area contributed by atoms with Crippen molar-refractivity contribution in [1.29, 1.82) is 0 Å². The van der Waals surface area contributed by atoms with E-state index in [1.807, 2.05) is 32.0 Å². The van der Waals surface area contributed by atoms with E-state index in [0.29, 0.717) is 32.3 Å². The van der Waals surface area contributed by atoms with E-state index >= 15 is 0 Å². The third kappa shape index (κ3) is 7.40. The molecular formula is C22H30IN3O3. The van der Waals surface area contributed by atoms with E-state index in [-0.39, 0.29) is 30.1 Å². The Morgan fingerprint density at radius 2 is 1.83 bits per heavy atom. The fraction of sp³-hybridized carbons (Fsp3) is 0.409. The molecule has 6 nitrogen and oxygen atoms in total. The quantitative estimate of drug-likeness (QED) is 0.338. The molecule has 2 aromatic carbocycles. The molecular weight excluding hydrogens is 481 g/mol. The third-order valence-electron chi connectivity index (χ3n) is 4.27. The first kappa shape index (κ1) is 23.3. The van der Waals surface area contributed by atoms with Gasteiger partial charge in [-0.1, -0.05) is 24.3 Å². The highest BCUT2D eigenvalue weighted by molar-refractivity contribution is 14.0. The van der Waals surface area contributed by atoms with Crippen LogP contribution in [0.2, 0.25) is 0 Å². The maximum Gasteiger partial charge on any atom is 0.195 e. The minimum absolute atomic E-state index is 0. The second kappa shape index (κ2) is 11.9. The topological polar surface area (TPSA) is 64.1 Å². The summed E-state index contributed by atoms with van der Waals surface area (Å²) in [6, 6.07) is 14.2. The highest BCUT2D eigenvalue weighted by Gasteiger charge is 2.11. The van der Waals surface area contributed by atoms with Crippen LogP contribution in [0.5, 0.6) is 11.5 Å². The summed E-state index contributed by atoms with van der Waals surface area (Å²) in [5.41, 5.74) is 3.24. The van der Waals surface area contributed by atoms with Gasteiger partial charge in [-0.05, 0) is 37.1 Å². The first-order valence-electron chi connectivity index (χ1n) is 9.71. The molecule has 0 aromatic heterocycles. The van der Waals surface area contributed by atoms with Gasteiger partial charge in [0, 0.05) is 31.8 Å². The maximum atomic E-state index is 5.75. The van der Waals surface area contributed by atoms with Gasteiger partial charge < -0.3 is 24.8 Å². The molecule has 1 aliphatic rings. The molecule has 158 valence electrons. The Bertz CT molecular complexity index is 812. The van der Waals surface area contributed by atoms with Gasteiger partial charge in [-0.2, -0.15) is 0 Å².